The van der Waals surface area contributed by atoms with Gasteiger partial charge in [0.25, 0.3) is 0 Å². The summed E-state index contributed by atoms with van der Waals surface area (Å²) in [5.74, 6) is 0.629. The van der Waals surface area contributed by atoms with E-state index in [0.29, 0.717) is 12.5 Å². The number of nitrogens with zero attached hydrogens (tertiary/aromatic N) is 2. The molecule has 4 heteroatoms. The molecule has 15 heavy (non-hydrogen) atoms. The lowest BCUT2D eigenvalue weighted by molar-refractivity contribution is 0.0470. The second-order valence-electron chi connectivity index (χ2n) is 4.19. The largest absolute Gasteiger partial charge is 0.381 e. The molecular formula is C11H19N3O. The van der Waals surface area contributed by atoms with Crippen molar-refractivity contribution in [2.45, 2.75) is 25.8 Å². The summed E-state index contributed by atoms with van der Waals surface area (Å²) in [6, 6.07) is 0. The van der Waals surface area contributed by atoms with Crippen LogP contribution in [0.2, 0.25) is 0 Å². The summed E-state index contributed by atoms with van der Waals surface area (Å²) in [5.41, 5.74) is 6.73. The van der Waals surface area contributed by atoms with Gasteiger partial charge in [-0.1, -0.05) is 0 Å². The summed E-state index contributed by atoms with van der Waals surface area (Å²) in [5, 5.41) is 4.33. The Hall–Kier alpha value is -0.870. The Kier molecular flexibility index (Phi) is 3.75. The molecule has 0 amide bonds. The maximum absolute atomic E-state index is 5.50. The van der Waals surface area contributed by atoms with Crippen molar-refractivity contribution in [3.63, 3.8) is 0 Å². The zero-order valence-electron chi connectivity index (χ0n) is 9.06. The van der Waals surface area contributed by atoms with Gasteiger partial charge in [-0.3, -0.25) is 4.68 Å². The van der Waals surface area contributed by atoms with E-state index in [-0.39, 0.29) is 0 Å². The molecule has 1 aliphatic heterocycles. The number of hydrogen-bond donors (Lipinski definition) is 1. The van der Waals surface area contributed by atoms with E-state index in [4.69, 9.17) is 10.5 Å². The van der Waals surface area contributed by atoms with Gasteiger partial charge in [0.05, 0.1) is 12.8 Å². The molecule has 0 aromatic carbocycles. The molecule has 4 nitrogen and oxygen atoms in total. The van der Waals surface area contributed by atoms with Crippen molar-refractivity contribution in [3.8, 4) is 0 Å². The number of hydrogen-bond acceptors (Lipinski definition) is 3. The summed E-state index contributed by atoms with van der Waals surface area (Å²) in [6.45, 7) is 3.48. The molecule has 1 saturated heterocycles. The quantitative estimate of drug-likeness (QED) is 0.798. The van der Waals surface area contributed by atoms with E-state index < -0.39 is 0 Å². The molecule has 0 aliphatic carbocycles. The summed E-state index contributed by atoms with van der Waals surface area (Å²) in [7, 11) is 0. The van der Waals surface area contributed by atoms with Crippen LogP contribution in [0.15, 0.2) is 12.4 Å². The van der Waals surface area contributed by atoms with Crippen LogP contribution in [-0.2, 0) is 17.7 Å². The smallest absolute Gasteiger partial charge is 0.0522 e. The predicted molar refractivity (Wildman–Crippen MR) is 58.5 cm³/mol. The lowest BCUT2D eigenvalue weighted by atomic mass is 10.0. The van der Waals surface area contributed by atoms with E-state index in [9.17, 15) is 0 Å². The minimum atomic E-state index is 0.629. The first-order valence-electron chi connectivity index (χ1n) is 5.67. The molecule has 2 rings (SSSR count). The SMILES string of the molecule is NCCc1cnn(CC2CCCOC2)c1. The van der Waals surface area contributed by atoms with Crippen LogP contribution in [0.1, 0.15) is 18.4 Å². The van der Waals surface area contributed by atoms with Crippen LogP contribution in [0.3, 0.4) is 0 Å². The first-order valence-corrected chi connectivity index (χ1v) is 5.67. The second-order valence-corrected chi connectivity index (χ2v) is 4.19. The highest BCUT2D eigenvalue weighted by molar-refractivity contribution is 5.04. The molecule has 2 heterocycles. The minimum Gasteiger partial charge on any atom is -0.381 e. The average molecular weight is 209 g/mol. The molecule has 1 unspecified atom stereocenters. The van der Waals surface area contributed by atoms with Gasteiger partial charge in [0.2, 0.25) is 0 Å². The number of ether oxygens (including phenoxy) is 1. The molecule has 1 atom stereocenters. The second kappa shape index (κ2) is 5.28. The summed E-state index contributed by atoms with van der Waals surface area (Å²) in [6.07, 6.45) is 7.37. The first kappa shape index (κ1) is 10.6. The number of aromatic nitrogens is 2. The zero-order chi connectivity index (χ0) is 10.5. The van der Waals surface area contributed by atoms with E-state index in [1.54, 1.807) is 0 Å². The van der Waals surface area contributed by atoms with Crippen molar-refractivity contribution in [1.29, 1.82) is 0 Å². The molecule has 1 aromatic heterocycles. The van der Waals surface area contributed by atoms with E-state index in [2.05, 4.69) is 11.3 Å². The standard InChI is InChI=1S/C11H19N3O/c12-4-3-10-6-13-14(7-10)8-11-2-1-5-15-9-11/h6-7,11H,1-5,8-9,12H2. The summed E-state index contributed by atoms with van der Waals surface area (Å²) in [4.78, 5) is 0. The predicted octanol–water partition coefficient (Wildman–Crippen LogP) is 0.811. The van der Waals surface area contributed by atoms with Gasteiger partial charge in [-0.05, 0) is 31.4 Å². The minimum absolute atomic E-state index is 0.629. The molecule has 0 spiro atoms. The van der Waals surface area contributed by atoms with Gasteiger partial charge in [-0.2, -0.15) is 5.10 Å². The third-order valence-electron chi connectivity index (χ3n) is 2.82. The van der Waals surface area contributed by atoms with Gasteiger partial charge in [-0.15, -0.1) is 0 Å². The number of rotatable bonds is 4. The topological polar surface area (TPSA) is 53.1 Å². The van der Waals surface area contributed by atoms with Crippen molar-refractivity contribution in [3.05, 3.63) is 18.0 Å². The van der Waals surface area contributed by atoms with Crippen molar-refractivity contribution in [2.24, 2.45) is 11.7 Å². The van der Waals surface area contributed by atoms with Crippen molar-refractivity contribution in [2.75, 3.05) is 19.8 Å². The van der Waals surface area contributed by atoms with Crippen molar-refractivity contribution >= 4 is 0 Å². The Balaban J connectivity index is 1.86. The first-order chi connectivity index (χ1) is 7.38. The van der Waals surface area contributed by atoms with Gasteiger partial charge >= 0.3 is 0 Å². The fourth-order valence-corrected chi connectivity index (χ4v) is 2.02. The molecule has 0 radical (unpaired) electrons. The fourth-order valence-electron chi connectivity index (χ4n) is 2.02. The van der Waals surface area contributed by atoms with E-state index in [1.807, 2.05) is 10.9 Å². The van der Waals surface area contributed by atoms with Crippen molar-refractivity contribution in [1.82, 2.24) is 9.78 Å². The lowest BCUT2D eigenvalue weighted by Crippen LogP contribution is -2.22. The maximum Gasteiger partial charge on any atom is 0.0522 e. The number of nitrogens with two attached hydrogens (primary N) is 1. The molecule has 84 valence electrons. The fraction of sp³-hybridized carbons (Fsp3) is 0.727. The van der Waals surface area contributed by atoms with Crippen LogP contribution >= 0.6 is 0 Å². The monoisotopic (exact) mass is 209 g/mol. The highest BCUT2D eigenvalue weighted by Gasteiger charge is 2.14. The van der Waals surface area contributed by atoms with Gasteiger partial charge in [0, 0.05) is 25.3 Å². The van der Waals surface area contributed by atoms with Crippen LogP contribution in [0, 0.1) is 5.92 Å². The molecule has 0 saturated carbocycles. The Morgan fingerprint density at radius 1 is 1.60 bits per heavy atom. The van der Waals surface area contributed by atoms with Gasteiger partial charge < -0.3 is 10.5 Å². The van der Waals surface area contributed by atoms with Crippen LogP contribution in [0.25, 0.3) is 0 Å². The average Bonchev–Trinajstić information content (AvgIpc) is 2.68. The molecular weight excluding hydrogens is 190 g/mol. The molecule has 0 bridgehead atoms. The summed E-state index contributed by atoms with van der Waals surface area (Å²) < 4.78 is 7.47. The molecule has 1 aliphatic rings. The van der Waals surface area contributed by atoms with Gasteiger partial charge in [-0.25, -0.2) is 0 Å². The summed E-state index contributed by atoms with van der Waals surface area (Å²) >= 11 is 0. The third-order valence-corrected chi connectivity index (χ3v) is 2.82. The molecule has 1 aromatic rings. The van der Waals surface area contributed by atoms with Crippen LogP contribution < -0.4 is 5.73 Å². The van der Waals surface area contributed by atoms with Gasteiger partial charge in [0.1, 0.15) is 0 Å². The zero-order valence-corrected chi connectivity index (χ0v) is 9.06. The Morgan fingerprint density at radius 2 is 2.53 bits per heavy atom. The normalized spacial score (nSPS) is 21.8. The Morgan fingerprint density at radius 3 is 3.27 bits per heavy atom. The lowest BCUT2D eigenvalue weighted by Gasteiger charge is -2.21. The Bertz CT molecular complexity index is 292. The molecule has 2 N–H and O–H groups in total. The third kappa shape index (κ3) is 3.04. The van der Waals surface area contributed by atoms with Crippen LogP contribution in [-0.4, -0.2) is 29.5 Å². The highest BCUT2D eigenvalue weighted by Crippen LogP contribution is 2.15. The van der Waals surface area contributed by atoms with Gasteiger partial charge in [0.15, 0.2) is 0 Å². The molecule has 1 fully saturated rings. The van der Waals surface area contributed by atoms with E-state index in [1.165, 1.54) is 18.4 Å². The van der Waals surface area contributed by atoms with E-state index in [0.717, 1.165) is 26.2 Å². The highest BCUT2D eigenvalue weighted by atomic mass is 16.5. The van der Waals surface area contributed by atoms with Crippen LogP contribution in [0.5, 0.6) is 0 Å². The van der Waals surface area contributed by atoms with Crippen LogP contribution in [0.4, 0.5) is 0 Å². The van der Waals surface area contributed by atoms with Crippen molar-refractivity contribution < 1.29 is 4.74 Å². The van der Waals surface area contributed by atoms with E-state index >= 15 is 0 Å². The maximum atomic E-state index is 5.50. The Labute approximate surface area is 90.4 Å².